The fourth-order valence-corrected chi connectivity index (χ4v) is 8.35. The van der Waals surface area contributed by atoms with Gasteiger partial charge in [-0.2, -0.15) is 0 Å². The molecule has 0 spiro atoms. The van der Waals surface area contributed by atoms with Crippen LogP contribution >= 0.6 is 23.1 Å². The summed E-state index contributed by atoms with van der Waals surface area (Å²) in [5.41, 5.74) is 7.61. The van der Waals surface area contributed by atoms with Crippen molar-refractivity contribution in [2.75, 3.05) is 18.8 Å². The van der Waals surface area contributed by atoms with Crippen LogP contribution in [0.15, 0.2) is 58.8 Å². The Morgan fingerprint density at radius 1 is 1.00 bits per heavy atom. The zero-order chi connectivity index (χ0) is 34.4. The maximum Gasteiger partial charge on any atom is 0.318 e. The molecule has 1 aliphatic heterocycles. The standard InChI is InChI=1S/C35H50N8O4S2/c36-26-11-15-43(16-12-26)34(47)42-29(20-25-9-5-2-6-10-25)32(45)41-30(21-27-22-37-23-39-27)33(46)40-28(19-24-7-3-1-4-8-24)31(44)13-17-48-35-38-14-18-49-35/h2,5-6,9-10,14,18,22-24,26,28-31,44H,1,3-4,7-8,11-13,15-17,19-21,36H2,(H,37,39)(H,40,46)(H,41,45)(H,42,47)/t28-,29-,30-,31-/m0/s1. The molecule has 2 aromatic heterocycles. The van der Waals surface area contributed by atoms with Gasteiger partial charge in [0.1, 0.15) is 16.4 Å². The van der Waals surface area contributed by atoms with E-state index in [-0.39, 0.29) is 30.8 Å². The van der Waals surface area contributed by atoms with Crippen LogP contribution in [0.5, 0.6) is 0 Å². The lowest BCUT2D eigenvalue weighted by atomic mass is 9.83. The molecule has 3 heterocycles. The van der Waals surface area contributed by atoms with Crippen molar-refractivity contribution in [3.8, 4) is 0 Å². The summed E-state index contributed by atoms with van der Waals surface area (Å²) in [6.45, 7) is 1.04. The first-order valence-corrected chi connectivity index (χ1v) is 19.3. The minimum atomic E-state index is -0.970. The number of hydrogen-bond acceptors (Lipinski definition) is 9. The molecule has 4 atom stereocenters. The molecule has 0 bridgehead atoms. The predicted molar refractivity (Wildman–Crippen MR) is 192 cm³/mol. The Labute approximate surface area is 296 Å². The number of nitrogens with zero attached hydrogens (tertiary/aromatic N) is 3. The number of imidazole rings is 1. The number of amides is 4. The van der Waals surface area contributed by atoms with Gasteiger partial charge in [-0.05, 0) is 37.2 Å². The highest BCUT2D eigenvalue weighted by Crippen LogP contribution is 2.29. The molecule has 1 saturated carbocycles. The number of nitrogens with two attached hydrogens (primary N) is 1. The summed E-state index contributed by atoms with van der Waals surface area (Å²) in [6, 6.07) is 6.86. The molecular formula is C35H50N8O4S2. The topological polar surface area (TPSA) is 178 Å². The number of thiazole rings is 1. The van der Waals surface area contributed by atoms with Crippen LogP contribution in [0, 0.1) is 5.92 Å². The molecule has 7 N–H and O–H groups in total. The summed E-state index contributed by atoms with van der Waals surface area (Å²) < 4.78 is 0.948. The lowest BCUT2D eigenvalue weighted by Crippen LogP contribution is -2.59. The molecule has 266 valence electrons. The largest absolute Gasteiger partial charge is 0.391 e. The van der Waals surface area contributed by atoms with Crippen molar-refractivity contribution < 1.29 is 19.5 Å². The van der Waals surface area contributed by atoms with Crippen LogP contribution < -0.4 is 21.7 Å². The minimum absolute atomic E-state index is 0.0615. The molecule has 1 aromatic carbocycles. The van der Waals surface area contributed by atoms with Gasteiger partial charge in [0.15, 0.2) is 0 Å². The Morgan fingerprint density at radius 2 is 1.73 bits per heavy atom. The number of nitrogens with one attached hydrogen (secondary N) is 4. The molecule has 2 fully saturated rings. The first-order valence-electron chi connectivity index (χ1n) is 17.5. The van der Waals surface area contributed by atoms with E-state index in [0.717, 1.165) is 35.6 Å². The number of aliphatic hydroxyl groups excluding tert-OH is 1. The third kappa shape index (κ3) is 11.8. The molecular weight excluding hydrogens is 661 g/mol. The fourth-order valence-electron chi connectivity index (χ4n) is 6.63. The van der Waals surface area contributed by atoms with Crippen LogP contribution in [0.3, 0.4) is 0 Å². The molecule has 14 heteroatoms. The van der Waals surface area contributed by atoms with Crippen molar-refractivity contribution in [3.63, 3.8) is 0 Å². The highest BCUT2D eigenvalue weighted by atomic mass is 32.2. The minimum Gasteiger partial charge on any atom is -0.391 e. The molecule has 12 nitrogen and oxygen atoms in total. The van der Waals surface area contributed by atoms with E-state index in [1.807, 2.05) is 35.7 Å². The number of carbonyl (C=O) groups is 3. The number of aromatic nitrogens is 3. The molecule has 2 aliphatic rings. The SMILES string of the molecule is NC1CCN(C(=O)N[C@@H](Cc2ccccc2)C(=O)N[C@@H](Cc2cnc[nH]2)C(=O)N[C@@H](CC2CCCCC2)[C@@H](O)CCSc2nccs2)CC1. The Morgan fingerprint density at radius 3 is 2.43 bits per heavy atom. The van der Waals surface area contributed by atoms with Gasteiger partial charge in [0.05, 0.1) is 18.5 Å². The van der Waals surface area contributed by atoms with Gasteiger partial charge in [0.25, 0.3) is 0 Å². The van der Waals surface area contributed by atoms with E-state index in [0.29, 0.717) is 56.1 Å². The number of aliphatic hydroxyl groups is 1. The molecule has 0 unspecified atom stereocenters. The van der Waals surface area contributed by atoms with Crippen LogP contribution in [-0.4, -0.2) is 91.9 Å². The Hall–Kier alpha value is -3.46. The third-order valence-corrected chi connectivity index (χ3v) is 11.5. The number of rotatable bonds is 16. The number of piperidine rings is 1. The Balaban J connectivity index is 1.30. The molecule has 1 saturated heterocycles. The number of urea groups is 1. The molecule has 0 radical (unpaired) electrons. The van der Waals surface area contributed by atoms with E-state index in [1.165, 1.54) is 12.7 Å². The summed E-state index contributed by atoms with van der Waals surface area (Å²) >= 11 is 3.16. The average molecular weight is 711 g/mol. The molecule has 49 heavy (non-hydrogen) atoms. The molecule has 1 aliphatic carbocycles. The second-order valence-electron chi connectivity index (χ2n) is 13.2. The smallest absolute Gasteiger partial charge is 0.318 e. The van der Waals surface area contributed by atoms with E-state index >= 15 is 0 Å². The van der Waals surface area contributed by atoms with Gasteiger partial charge in [0.2, 0.25) is 11.8 Å². The van der Waals surface area contributed by atoms with Gasteiger partial charge < -0.3 is 36.7 Å². The van der Waals surface area contributed by atoms with E-state index in [1.54, 1.807) is 40.4 Å². The Kier molecular flexibility index (Phi) is 14.3. The zero-order valence-corrected chi connectivity index (χ0v) is 29.6. The predicted octanol–water partition coefficient (Wildman–Crippen LogP) is 3.64. The summed E-state index contributed by atoms with van der Waals surface area (Å²) in [7, 11) is 0. The van der Waals surface area contributed by atoms with Crippen molar-refractivity contribution in [3.05, 3.63) is 65.7 Å². The average Bonchev–Trinajstić information content (AvgIpc) is 3.83. The van der Waals surface area contributed by atoms with Crippen molar-refractivity contribution in [1.82, 2.24) is 35.8 Å². The number of aromatic amines is 1. The number of carbonyl (C=O) groups excluding carboxylic acids is 3. The van der Waals surface area contributed by atoms with E-state index in [4.69, 9.17) is 5.73 Å². The maximum atomic E-state index is 14.1. The molecule has 4 amide bonds. The van der Waals surface area contributed by atoms with Crippen LogP contribution in [-0.2, 0) is 22.4 Å². The van der Waals surface area contributed by atoms with Gasteiger partial charge in [-0.15, -0.1) is 11.3 Å². The number of thioether (sulfide) groups is 1. The highest BCUT2D eigenvalue weighted by Gasteiger charge is 2.33. The number of H-pyrrole nitrogens is 1. The first-order chi connectivity index (χ1) is 23.8. The van der Waals surface area contributed by atoms with Gasteiger partial charge in [-0.3, -0.25) is 9.59 Å². The third-order valence-electron chi connectivity index (χ3n) is 9.49. The summed E-state index contributed by atoms with van der Waals surface area (Å²) in [6.07, 6.45) is 12.8. The van der Waals surface area contributed by atoms with Crippen LogP contribution in [0.1, 0.15) is 69.0 Å². The zero-order valence-electron chi connectivity index (χ0n) is 28.0. The monoisotopic (exact) mass is 710 g/mol. The number of hydrogen-bond donors (Lipinski definition) is 6. The number of benzene rings is 1. The first kappa shape index (κ1) is 36.8. The van der Waals surface area contributed by atoms with Crippen molar-refractivity contribution in [1.29, 1.82) is 0 Å². The normalized spacial score (nSPS) is 18.3. The summed E-state index contributed by atoms with van der Waals surface area (Å²) in [5.74, 6) is 0.236. The lowest BCUT2D eigenvalue weighted by molar-refractivity contribution is -0.130. The summed E-state index contributed by atoms with van der Waals surface area (Å²) in [5, 5.41) is 22.4. The van der Waals surface area contributed by atoms with Crippen molar-refractivity contribution in [2.45, 2.75) is 105 Å². The van der Waals surface area contributed by atoms with E-state index in [2.05, 4.69) is 30.9 Å². The highest BCUT2D eigenvalue weighted by molar-refractivity contribution is 8.00. The molecule has 5 rings (SSSR count). The molecule has 3 aromatic rings. The van der Waals surface area contributed by atoms with Crippen LogP contribution in [0.2, 0.25) is 0 Å². The van der Waals surface area contributed by atoms with Gasteiger partial charge >= 0.3 is 6.03 Å². The lowest BCUT2D eigenvalue weighted by Gasteiger charge is -2.33. The second-order valence-corrected chi connectivity index (χ2v) is 15.5. The Bertz CT molecular complexity index is 1410. The van der Waals surface area contributed by atoms with Crippen molar-refractivity contribution >= 4 is 40.9 Å². The maximum absolute atomic E-state index is 14.1. The van der Waals surface area contributed by atoms with E-state index in [9.17, 15) is 19.5 Å². The van der Waals surface area contributed by atoms with Crippen LogP contribution in [0.4, 0.5) is 4.79 Å². The number of likely N-dealkylation sites (tertiary alicyclic amines) is 1. The van der Waals surface area contributed by atoms with Gasteiger partial charge in [0, 0.05) is 61.2 Å². The summed E-state index contributed by atoms with van der Waals surface area (Å²) in [4.78, 5) is 54.6. The van der Waals surface area contributed by atoms with Crippen molar-refractivity contribution in [2.24, 2.45) is 11.7 Å². The second kappa shape index (κ2) is 19.1. The van der Waals surface area contributed by atoms with Gasteiger partial charge in [-0.1, -0.05) is 74.2 Å². The fraction of sp³-hybridized carbons (Fsp3) is 0.571. The quantitative estimate of drug-likeness (QED) is 0.122. The van der Waals surface area contributed by atoms with E-state index < -0.39 is 30.1 Å². The van der Waals surface area contributed by atoms with Gasteiger partial charge in [-0.25, -0.2) is 14.8 Å². The van der Waals surface area contributed by atoms with Crippen LogP contribution in [0.25, 0.3) is 0 Å².